The number of benzene rings is 2. The second kappa shape index (κ2) is 7.07. The molecule has 0 atom stereocenters. The molecule has 0 fully saturated rings. The lowest BCUT2D eigenvalue weighted by Gasteiger charge is -2.07. The molecule has 24 heavy (non-hydrogen) atoms. The lowest BCUT2D eigenvalue weighted by molar-refractivity contribution is -0.385. The smallest absolute Gasteiger partial charge is 0.311 e. The summed E-state index contributed by atoms with van der Waals surface area (Å²) in [6.07, 6.45) is 1.22. The topological polar surface area (TPSA) is 116 Å². The fourth-order valence-electron chi connectivity index (χ4n) is 1.99. The SMILES string of the molecule is Cc1ccccc1NC(=O)/C(C#N)=C\c1ccc(O)c([N+](=O)[O-])c1. The Morgan fingerprint density at radius 3 is 2.67 bits per heavy atom. The summed E-state index contributed by atoms with van der Waals surface area (Å²) in [6, 6.07) is 12.5. The molecule has 0 aromatic heterocycles. The monoisotopic (exact) mass is 323 g/mol. The Morgan fingerprint density at radius 2 is 2.04 bits per heavy atom. The van der Waals surface area contributed by atoms with Crippen molar-refractivity contribution in [1.29, 1.82) is 5.26 Å². The Labute approximate surface area is 137 Å². The molecule has 0 radical (unpaired) electrons. The first kappa shape index (κ1) is 16.7. The number of phenolic OH excluding ortho intramolecular Hbond substituents is 1. The van der Waals surface area contributed by atoms with E-state index in [0.29, 0.717) is 5.69 Å². The number of carbonyl (C=O) groups excluding carboxylic acids is 1. The minimum absolute atomic E-state index is 0.210. The van der Waals surface area contributed by atoms with E-state index in [-0.39, 0.29) is 11.1 Å². The first-order chi connectivity index (χ1) is 11.4. The zero-order chi connectivity index (χ0) is 17.7. The van der Waals surface area contributed by atoms with E-state index in [1.165, 1.54) is 12.1 Å². The highest BCUT2D eigenvalue weighted by Gasteiger charge is 2.15. The Balaban J connectivity index is 2.31. The van der Waals surface area contributed by atoms with Crippen molar-refractivity contribution in [2.24, 2.45) is 0 Å². The highest BCUT2D eigenvalue weighted by molar-refractivity contribution is 6.10. The Morgan fingerprint density at radius 1 is 1.33 bits per heavy atom. The van der Waals surface area contributed by atoms with Crippen LogP contribution < -0.4 is 5.32 Å². The van der Waals surface area contributed by atoms with Gasteiger partial charge in [0.25, 0.3) is 5.91 Å². The minimum atomic E-state index is -0.744. The van der Waals surface area contributed by atoms with Crippen molar-refractivity contribution in [3.63, 3.8) is 0 Å². The van der Waals surface area contributed by atoms with Crippen LogP contribution in [0.5, 0.6) is 5.75 Å². The summed E-state index contributed by atoms with van der Waals surface area (Å²) in [4.78, 5) is 22.3. The van der Waals surface area contributed by atoms with Gasteiger partial charge < -0.3 is 10.4 Å². The summed E-state index contributed by atoms with van der Waals surface area (Å²) in [5.41, 5.74) is 0.957. The molecule has 7 heteroatoms. The van der Waals surface area contributed by atoms with Crippen molar-refractivity contribution in [1.82, 2.24) is 0 Å². The van der Waals surface area contributed by atoms with Crippen LogP contribution in [0.3, 0.4) is 0 Å². The van der Waals surface area contributed by atoms with E-state index in [9.17, 15) is 25.3 Å². The summed E-state index contributed by atoms with van der Waals surface area (Å²) in [5.74, 6) is -1.11. The fourth-order valence-corrected chi connectivity index (χ4v) is 1.99. The summed E-state index contributed by atoms with van der Waals surface area (Å²) in [7, 11) is 0. The first-order valence-electron chi connectivity index (χ1n) is 6.88. The average Bonchev–Trinajstić information content (AvgIpc) is 2.55. The summed E-state index contributed by atoms with van der Waals surface area (Å²) >= 11 is 0. The number of aryl methyl sites for hydroxylation is 1. The van der Waals surface area contributed by atoms with Gasteiger partial charge in [-0.05, 0) is 36.3 Å². The van der Waals surface area contributed by atoms with Gasteiger partial charge in [-0.25, -0.2) is 0 Å². The van der Waals surface area contributed by atoms with Crippen molar-refractivity contribution in [3.05, 3.63) is 69.3 Å². The van der Waals surface area contributed by atoms with Gasteiger partial charge in [-0.1, -0.05) is 24.3 Å². The summed E-state index contributed by atoms with van der Waals surface area (Å²) < 4.78 is 0. The molecule has 1 amide bonds. The normalized spacial score (nSPS) is 10.8. The maximum atomic E-state index is 12.2. The van der Waals surface area contributed by atoms with Crippen LogP contribution in [0.4, 0.5) is 11.4 Å². The van der Waals surface area contributed by atoms with Crippen LogP contribution in [0.1, 0.15) is 11.1 Å². The number of nitro benzene ring substituents is 1. The van der Waals surface area contributed by atoms with Crippen LogP contribution in [-0.4, -0.2) is 15.9 Å². The maximum Gasteiger partial charge on any atom is 0.311 e. The number of anilines is 1. The maximum absolute atomic E-state index is 12.2. The van der Waals surface area contributed by atoms with E-state index in [4.69, 9.17) is 0 Å². The number of nitro groups is 1. The molecule has 0 saturated heterocycles. The predicted octanol–water partition coefficient (Wildman–Crippen LogP) is 3.15. The first-order valence-corrected chi connectivity index (χ1v) is 6.88. The molecule has 0 saturated carbocycles. The molecular weight excluding hydrogens is 310 g/mol. The van der Waals surface area contributed by atoms with Crippen molar-refractivity contribution in [2.45, 2.75) is 6.92 Å². The largest absolute Gasteiger partial charge is 0.502 e. The standard InChI is InChI=1S/C17H13N3O4/c1-11-4-2-3-5-14(11)19-17(22)13(10-18)8-12-6-7-16(21)15(9-12)20(23)24/h2-9,21H,1H3,(H,19,22)/b13-8-. The Hall–Kier alpha value is -3.66. The second-order valence-corrected chi connectivity index (χ2v) is 4.94. The van der Waals surface area contributed by atoms with Crippen LogP contribution >= 0.6 is 0 Å². The zero-order valence-electron chi connectivity index (χ0n) is 12.7. The number of para-hydroxylation sites is 1. The van der Waals surface area contributed by atoms with Crippen molar-refractivity contribution in [3.8, 4) is 11.8 Å². The minimum Gasteiger partial charge on any atom is -0.502 e. The zero-order valence-corrected chi connectivity index (χ0v) is 12.7. The van der Waals surface area contributed by atoms with E-state index in [2.05, 4.69) is 5.32 Å². The molecule has 0 bridgehead atoms. The van der Waals surface area contributed by atoms with Crippen molar-refractivity contribution in [2.75, 3.05) is 5.32 Å². The Bertz CT molecular complexity index is 882. The predicted molar refractivity (Wildman–Crippen MR) is 88.2 cm³/mol. The number of nitrogens with zero attached hydrogens (tertiary/aromatic N) is 2. The lowest BCUT2D eigenvalue weighted by Crippen LogP contribution is -2.14. The number of amides is 1. The molecule has 2 aromatic carbocycles. The number of rotatable bonds is 4. The summed E-state index contributed by atoms with van der Waals surface area (Å²) in [6.45, 7) is 1.81. The lowest BCUT2D eigenvalue weighted by atomic mass is 10.1. The third-order valence-corrected chi connectivity index (χ3v) is 3.27. The third kappa shape index (κ3) is 3.75. The quantitative estimate of drug-likeness (QED) is 0.388. The molecule has 2 rings (SSSR count). The highest BCUT2D eigenvalue weighted by Crippen LogP contribution is 2.27. The van der Waals surface area contributed by atoms with Gasteiger partial charge in [-0.2, -0.15) is 5.26 Å². The molecule has 7 nitrogen and oxygen atoms in total. The molecule has 2 aromatic rings. The number of carbonyl (C=O) groups is 1. The van der Waals surface area contributed by atoms with Crippen molar-refractivity contribution >= 4 is 23.4 Å². The van der Waals surface area contributed by atoms with Gasteiger partial charge >= 0.3 is 5.69 Å². The van der Waals surface area contributed by atoms with Crippen LogP contribution in [-0.2, 0) is 4.79 Å². The van der Waals surface area contributed by atoms with Gasteiger partial charge in [0, 0.05) is 11.8 Å². The number of aromatic hydroxyl groups is 1. The fraction of sp³-hybridized carbons (Fsp3) is 0.0588. The van der Waals surface area contributed by atoms with Crippen LogP contribution in [0.2, 0.25) is 0 Å². The number of nitrogens with one attached hydrogen (secondary N) is 1. The van der Waals surface area contributed by atoms with Gasteiger partial charge in [0.2, 0.25) is 0 Å². The van der Waals surface area contributed by atoms with E-state index in [1.54, 1.807) is 18.2 Å². The van der Waals surface area contributed by atoms with E-state index >= 15 is 0 Å². The number of nitriles is 1. The number of hydrogen-bond acceptors (Lipinski definition) is 5. The summed E-state index contributed by atoms with van der Waals surface area (Å²) in [5, 5.41) is 32.0. The Kier molecular flexibility index (Phi) is 4.92. The molecule has 0 aliphatic carbocycles. The van der Waals surface area contributed by atoms with E-state index in [0.717, 1.165) is 17.7 Å². The molecule has 0 heterocycles. The average molecular weight is 323 g/mol. The highest BCUT2D eigenvalue weighted by atomic mass is 16.6. The van der Waals surface area contributed by atoms with Crippen LogP contribution in [0.25, 0.3) is 6.08 Å². The molecule has 0 aliphatic rings. The van der Waals surface area contributed by atoms with Gasteiger partial charge in [0.1, 0.15) is 11.6 Å². The van der Waals surface area contributed by atoms with Gasteiger partial charge in [0.05, 0.1) is 4.92 Å². The van der Waals surface area contributed by atoms with Crippen LogP contribution in [0.15, 0.2) is 48.0 Å². The number of hydrogen-bond donors (Lipinski definition) is 2. The van der Waals surface area contributed by atoms with Crippen LogP contribution in [0, 0.1) is 28.4 Å². The van der Waals surface area contributed by atoms with Gasteiger partial charge in [0.15, 0.2) is 5.75 Å². The molecule has 0 spiro atoms. The molecule has 0 unspecified atom stereocenters. The van der Waals surface area contributed by atoms with E-state index < -0.39 is 22.3 Å². The third-order valence-electron chi connectivity index (χ3n) is 3.27. The molecule has 120 valence electrons. The van der Waals surface area contributed by atoms with E-state index in [1.807, 2.05) is 19.1 Å². The molecular formula is C17H13N3O4. The van der Waals surface area contributed by atoms with Gasteiger partial charge in [-0.15, -0.1) is 0 Å². The second-order valence-electron chi connectivity index (χ2n) is 4.94. The van der Waals surface area contributed by atoms with Gasteiger partial charge in [-0.3, -0.25) is 14.9 Å². The number of phenols is 1. The van der Waals surface area contributed by atoms with Crippen molar-refractivity contribution < 1.29 is 14.8 Å². The molecule has 0 aliphatic heterocycles. The molecule has 2 N–H and O–H groups in total.